The van der Waals surface area contributed by atoms with E-state index in [9.17, 15) is 20.4 Å². The van der Waals surface area contributed by atoms with Crippen LogP contribution < -0.4 is 22.3 Å². The highest BCUT2D eigenvalue weighted by Gasteiger charge is 2.32. The van der Waals surface area contributed by atoms with Gasteiger partial charge in [0.25, 0.3) is 0 Å². The van der Waals surface area contributed by atoms with E-state index < -0.39 is 31.0 Å². The lowest BCUT2D eigenvalue weighted by Crippen LogP contribution is -2.49. The van der Waals surface area contributed by atoms with Crippen molar-refractivity contribution in [2.45, 2.75) is 24.4 Å². The van der Waals surface area contributed by atoms with E-state index in [4.69, 9.17) is 16.6 Å². The summed E-state index contributed by atoms with van der Waals surface area (Å²) in [6.07, 6.45) is -6.26. The molecule has 0 radical (unpaired) electrons. The number of nitrogens with one attached hydrogen (secondary N) is 2. The third kappa shape index (κ3) is 7.51. The quantitative estimate of drug-likeness (QED) is 0.115. The third-order valence-electron chi connectivity index (χ3n) is 2.22. The minimum absolute atomic E-state index is 0.163. The summed E-state index contributed by atoms with van der Waals surface area (Å²) in [4.78, 5) is 0. The molecular weight excluding hydrogens is 336 g/mol. The van der Waals surface area contributed by atoms with Crippen molar-refractivity contribution in [3.8, 4) is 0 Å². The Bertz CT molecular complexity index is 448. The van der Waals surface area contributed by atoms with Gasteiger partial charge in [0, 0.05) is 0 Å². The number of rotatable bonds is 8. The molecule has 0 bridgehead atoms. The molecule has 22 heavy (non-hydrogen) atoms. The molecule has 0 aromatic rings. The molecule has 0 heterocycles. The molecule has 0 spiro atoms. The lowest BCUT2D eigenvalue weighted by molar-refractivity contribution is -0.100. The van der Waals surface area contributed by atoms with Crippen LogP contribution in [0, 0.1) is 0 Å². The molecule has 0 aromatic heterocycles. The van der Waals surface area contributed by atoms with E-state index in [2.05, 4.69) is 45.5 Å². The number of aliphatic hydroxyl groups excluding tert-OH is 5. The molecule has 4 atom stereocenters. The number of hydrazone groups is 2. The smallest absolute Gasteiger partial charge is 0.184 e. The Kier molecular flexibility index (Phi) is 9.59. The maximum Gasteiger partial charge on any atom is 0.184 e. The lowest BCUT2D eigenvalue weighted by Gasteiger charge is -2.25. The first-order chi connectivity index (χ1) is 10.2. The zero-order valence-electron chi connectivity index (χ0n) is 11.2. The number of nitrogens with two attached hydrogens (primary N) is 2. The van der Waals surface area contributed by atoms with Crippen molar-refractivity contribution in [1.29, 1.82) is 0 Å². The standard InChI is InChI=1S/C9H18N6O5S2/c10-8(21)14-12-1-3(13-15-9(11)22)5(18)7(20)6(19)4(17)2-16/h1,4-7,16-20H,2H2,(H3,10,14,21)(H3,11,15,22)/b12-1+,13-3+/t4-,5+,6-,7+/m0/s1. The van der Waals surface area contributed by atoms with E-state index in [1.165, 1.54) is 0 Å². The Morgan fingerprint density at radius 2 is 1.59 bits per heavy atom. The summed E-state index contributed by atoms with van der Waals surface area (Å²) in [6.45, 7) is -0.820. The summed E-state index contributed by atoms with van der Waals surface area (Å²) in [5, 5.41) is 53.9. The van der Waals surface area contributed by atoms with Crippen LogP contribution in [0.4, 0.5) is 0 Å². The molecule has 0 aliphatic carbocycles. The van der Waals surface area contributed by atoms with Crippen LogP contribution in [0.1, 0.15) is 0 Å². The van der Waals surface area contributed by atoms with Crippen LogP contribution >= 0.6 is 24.4 Å². The highest BCUT2D eigenvalue weighted by Crippen LogP contribution is 2.06. The van der Waals surface area contributed by atoms with Crippen molar-refractivity contribution in [3.63, 3.8) is 0 Å². The van der Waals surface area contributed by atoms with Crippen molar-refractivity contribution < 1.29 is 25.5 Å². The molecule has 0 aromatic carbocycles. The summed E-state index contributed by atoms with van der Waals surface area (Å²) in [7, 11) is 0. The average Bonchev–Trinajstić information content (AvgIpc) is 2.46. The second-order valence-corrected chi connectivity index (χ2v) is 4.80. The van der Waals surface area contributed by atoms with Gasteiger partial charge in [-0.05, 0) is 24.4 Å². The van der Waals surface area contributed by atoms with Crippen LogP contribution in [0.25, 0.3) is 0 Å². The maximum atomic E-state index is 9.93. The van der Waals surface area contributed by atoms with Crippen molar-refractivity contribution >= 4 is 46.6 Å². The summed E-state index contributed by atoms with van der Waals surface area (Å²) in [5.41, 5.74) is 14.3. The average molecular weight is 354 g/mol. The van der Waals surface area contributed by atoms with Crippen LogP contribution in [0.3, 0.4) is 0 Å². The fraction of sp³-hybridized carbons (Fsp3) is 0.556. The van der Waals surface area contributed by atoms with Gasteiger partial charge in [-0.3, -0.25) is 10.9 Å². The molecule has 13 heteroatoms. The maximum absolute atomic E-state index is 9.93. The topological polar surface area (TPSA) is 202 Å². The van der Waals surface area contributed by atoms with Gasteiger partial charge in [0.2, 0.25) is 0 Å². The van der Waals surface area contributed by atoms with Crippen LogP contribution in [0.5, 0.6) is 0 Å². The Balaban J connectivity index is 5.13. The van der Waals surface area contributed by atoms with Gasteiger partial charge in [-0.25, -0.2) is 0 Å². The second kappa shape index (κ2) is 10.3. The fourth-order valence-corrected chi connectivity index (χ4v) is 1.25. The number of aliphatic hydroxyl groups is 5. The van der Waals surface area contributed by atoms with E-state index >= 15 is 0 Å². The van der Waals surface area contributed by atoms with Crippen LogP contribution in [0.2, 0.25) is 0 Å². The van der Waals surface area contributed by atoms with Crippen LogP contribution in [-0.2, 0) is 0 Å². The molecule has 0 saturated carbocycles. The molecule has 0 unspecified atom stereocenters. The van der Waals surface area contributed by atoms with Gasteiger partial charge in [-0.2, -0.15) is 10.2 Å². The first-order valence-electron chi connectivity index (χ1n) is 5.75. The Morgan fingerprint density at radius 3 is 2.05 bits per heavy atom. The van der Waals surface area contributed by atoms with Gasteiger partial charge < -0.3 is 37.0 Å². The predicted octanol–water partition coefficient (Wildman–Crippen LogP) is -4.57. The molecular formula is C9H18N6O5S2. The van der Waals surface area contributed by atoms with Gasteiger partial charge in [-0.15, -0.1) is 0 Å². The number of thiocarbonyl (C=S) groups is 2. The van der Waals surface area contributed by atoms with E-state index in [1.54, 1.807) is 0 Å². The molecule has 0 aliphatic rings. The molecule has 11 nitrogen and oxygen atoms in total. The van der Waals surface area contributed by atoms with Gasteiger partial charge in [-0.1, -0.05) is 0 Å². The molecule has 126 valence electrons. The van der Waals surface area contributed by atoms with Crippen LogP contribution in [0.15, 0.2) is 10.2 Å². The highest BCUT2D eigenvalue weighted by atomic mass is 32.1. The minimum Gasteiger partial charge on any atom is -0.394 e. The highest BCUT2D eigenvalue weighted by molar-refractivity contribution is 7.80. The van der Waals surface area contributed by atoms with Gasteiger partial charge >= 0.3 is 0 Å². The molecule has 0 amide bonds. The first kappa shape index (κ1) is 20.5. The molecule has 0 rings (SSSR count). The van der Waals surface area contributed by atoms with Gasteiger partial charge in [0.1, 0.15) is 30.1 Å². The Labute approximate surface area is 136 Å². The second-order valence-electron chi connectivity index (χ2n) is 3.92. The van der Waals surface area contributed by atoms with Crippen molar-refractivity contribution in [2.75, 3.05) is 6.61 Å². The largest absolute Gasteiger partial charge is 0.394 e. The first-order valence-corrected chi connectivity index (χ1v) is 6.57. The molecule has 11 N–H and O–H groups in total. The third-order valence-corrected chi connectivity index (χ3v) is 2.41. The van der Waals surface area contributed by atoms with Crippen molar-refractivity contribution in [2.24, 2.45) is 21.7 Å². The van der Waals surface area contributed by atoms with E-state index in [-0.39, 0.29) is 15.9 Å². The monoisotopic (exact) mass is 354 g/mol. The lowest BCUT2D eigenvalue weighted by atomic mass is 10.0. The van der Waals surface area contributed by atoms with E-state index in [0.29, 0.717) is 0 Å². The van der Waals surface area contributed by atoms with Crippen molar-refractivity contribution in [1.82, 2.24) is 10.9 Å². The predicted molar refractivity (Wildman–Crippen MR) is 86.9 cm³/mol. The summed E-state index contributed by atoms with van der Waals surface area (Å²) in [6, 6.07) is 0. The van der Waals surface area contributed by atoms with Crippen LogP contribution in [-0.4, -0.2) is 78.7 Å². The SMILES string of the molecule is NC(=S)N/N=C/C(=N\NC(N)=S)[C@@H](O)[C@@H](O)[C@@H](O)[C@@H](O)CO. The summed E-state index contributed by atoms with van der Waals surface area (Å²) in [5.74, 6) is 0. The minimum atomic E-state index is -1.88. The zero-order valence-corrected chi connectivity index (χ0v) is 12.8. The fourth-order valence-electron chi connectivity index (χ4n) is 1.15. The molecule has 0 aliphatic heterocycles. The van der Waals surface area contributed by atoms with Gasteiger partial charge in [0.15, 0.2) is 10.2 Å². The van der Waals surface area contributed by atoms with Gasteiger partial charge in [0.05, 0.1) is 12.8 Å². The Morgan fingerprint density at radius 1 is 1.05 bits per heavy atom. The number of nitrogens with zero attached hydrogens (tertiary/aromatic N) is 2. The summed E-state index contributed by atoms with van der Waals surface area (Å²) >= 11 is 9.03. The van der Waals surface area contributed by atoms with E-state index in [1.807, 2.05) is 0 Å². The normalized spacial score (nSPS) is 17.6. The van der Waals surface area contributed by atoms with Crippen molar-refractivity contribution in [3.05, 3.63) is 0 Å². The van der Waals surface area contributed by atoms with E-state index in [0.717, 1.165) is 6.21 Å². The Hall–Kier alpha value is -1.48. The summed E-state index contributed by atoms with van der Waals surface area (Å²) < 4.78 is 0. The molecule has 0 saturated heterocycles. The number of hydrogen-bond donors (Lipinski definition) is 9. The number of hydrogen-bond acceptors (Lipinski definition) is 9. The molecule has 0 fully saturated rings. The zero-order chi connectivity index (χ0) is 17.3.